The Hall–Kier alpha value is -3.64. The first-order valence-electron chi connectivity index (χ1n) is 11.4. The lowest BCUT2D eigenvalue weighted by Gasteiger charge is -2.29. The van der Waals surface area contributed by atoms with E-state index < -0.39 is 0 Å². The summed E-state index contributed by atoms with van der Waals surface area (Å²) in [4.78, 5) is 6.92. The van der Waals surface area contributed by atoms with E-state index in [2.05, 4.69) is 78.0 Å². The normalized spacial score (nSPS) is 17.6. The third-order valence-corrected chi connectivity index (χ3v) is 7.08. The standard InChI is InChI=1S/C28H28N4OS/c1-18-19(2)31(21-10-6-5-7-11-21)20(3)25(18)27-26(24-12-8-9-17-29-24)30-28(34)32(27)22-13-15-23(33-4)16-14-22/h5-17,26-27H,1-4H3,(H,30,34)/t26-,27-/m0/s1. The summed E-state index contributed by atoms with van der Waals surface area (Å²) in [7, 11) is 1.68. The molecule has 0 saturated carbocycles. The van der Waals surface area contributed by atoms with Gasteiger partial charge in [0.15, 0.2) is 5.11 Å². The lowest BCUT2D eigenvalue weighted by atomic mass is 9.93. The summed E-state index contributed by atoms with van der Waals surface area (Å²) in [6, 6.07) is 24.5. The Balaban J connectivity index is 1.71. The van der Waals surface area contributed by atoms with Crippen molar-refractivity contribution in [2.75, 3.05) is 12.0 Å². The average molecular weight is 469 g/mol. The number of benzene rings is 2. The van der Waals surface area contributed by atoms with E-state index >= 15 is 0 Å². The van der Waals surface area contributed by atoms with Crippen LogP contribution < -0.4 is 15.0 Å². The monoisotopic (exact) mass is 468 g/mol. The van der Waals surface area contributed by atoms with Crippen molar-refractivity contribution < 1.29 is 4.74 Å². The van der Waals surface area contributed by atoms with Crippen LogP contribution >= 0.6 is 12.2 Å². The van der Waals surface area contributed by atoms with E-state index in [1.807, 2.05) is 36.5 Å². The predicted octanol–water partition coefficient (Wildman–Crippen LogP) is 5.98. The molecule has 172 valence electrons. The minimum Gasteiger partial charge on any atom is -0.497 e. The van der Waals surface area contributed by atoms with Gasteiger partial charge in [0.2, 0.25) is 0 Å². The number of aromatic nitrogens is 2. The van der Waals surface area contributed by atoms with Gasteiger partial charge in [-0.3, -0.25) is 4.98 Å². The molecule has 1 N–H and O–H groups in total. The van der Waals surface area contributed by atoms with Gasteiger partial charge in [-0.15, -0.1) is 0 Å². The highest BCUT2D eigenvalue weighted by Crippen LogP contribution is 2.45. The van der Waals surface area contributed by atoms with Crippen LogP contribution in [0.15, 0.2) is 79.0 Å². The summed E-state index contributed by atoms with van der Waals surface area (Å²) in [6.07, 6.45) is 1.84. The van der Waals surface area contributed by atoms with Crippen molar-refractivity contribution in [3.05, 3.63) is 107 Å². The van der Waals surface area contributed by atoms with Crippen molar-refractivity contribution in [1.29, 1.82) is 0 Å². The molecule has 2 aromatic heterocycles. The van der Waals surface area contributed by atoms with E-state index in [0.29, 0.717) is 5.11 Å². The Bertz CT molecular complexity index is 1320. The third kappa shape index (κ3) is 3.64. The van der Waals surface area contributed by atoms with Crippen molar-refractivity contribution in [2.24, 2.45) is 0 Å². The summed E-state index contributed by atoms with van der Waals surface area (Å²) >= 11 is 5.91. The van der Waals surface area contributed by atoms with Crippen molar-refractivity contribution in [3.8, 4) is 11.4 Å². The number of nitrogens with zero attached hydrogens (tertiary/aromatic N) is 3. The minimum absolute atomic E-state index is 0.0561. The molecular formula is C28H28N4OS. The SMILES string of the molecule is COc1ccc(N2C(=S)N[C@@H](c3ccccn3)[C@@H]2c2c(C)c(C)n(-c3ccccc3)c2C)cc1. The molecule has 2 aromatic carbocycles. The zero-order chi connectivity index (χ0) is 23.8. The number of hydrogen-bond donors (Lipinski definition) is 1. The molecule has 0 radical (unpaired) electrons. The van der Waals surface area contributed by atoms with Crippen molar-refractivity contribution in [2.45, 2.75) is 32.9 Å². The van der Waals surface area contributed by atoms with Crippen molar-refractivity contribution in [1.82, 2.24) is 14.9 Å². The van der Waals surface area contributed by atoms with Gasteiger partial charge < -0.3 is 19.5 Å². The van der Waals surface area contributed by atoms with Gasteiger partial charge in [0.05, 0.1) is 24.9 Å². The first kappa shape index (κ1) is 22.2. The van der Waals surface area contributed by atoms with Crippen LogP contribution in [0.25, 0.3) is 5.69 Å². The first-order chi connectivity index (χ1) is 16.5. The molecule has 1 fully saturated rings. The van der Waals surface area contributed by atoms with E-state index in [0.717, 1.165) is 22.8 Å². The van der Waals surface area contributed by atoms with Crippen molar-refractivity contribution in [3.63, 3.8) is 0 Å². The van der Waals surface area contributed by atoms with Crippen molar-refractivity contribution >= 4 is 23.0 Å². The van der Waals surface area contributed by atoms with Crippen LogP contribution in [0.3, 0.4) is 0 Å². The molecule has 0 spiro atoms. The zero-order valence-electron chi connectivity index (χ0n) is 19.8. The maximum Gasteiger partial charge on any atom is 0.174 e. The molecule has 2 atom stereocenters. The smallest absolute Gasteiger partial charge is 0.174 e. The van der Waals surface area contributed by atoms with E-state index in [1.54, 1.807) is 7.11 Å². The maximum absolute atomic E-state index is 5.91. The molecule has 34 heavy (non-hydrogen) atoms. The molecule has 5 rings (SSSR count). The number of thiocarbonyl (C=S) groups is 1. The number of rotatable bonds is 5. The van der Waals surface area contributed by atoms with Gasteiger partial charge in [0.25, 0.3) is 0 Å². The molecule has 0 amide bonds. The average Bonchev–Trinajstić information content (AvgIpc) is 3.32. The number of pyridine rings is 1. The molecular weight excluding hydrogens is 440 g/mol. The molecule has 1 saturated heterocycles. The number of ether oxygens (including phenoxy) is 1. The van der Waals surface area contributed by atoms with E-state index in [9.17, 15) is 0 Å². The van der Waals surface area contributed by atoms with Crippen LogP contribution in [-0.2, 0) is 0 Å². The van der Waals surface area contributed by atoms with E-state index in [4.69, 9.17) is 21.9 Å². The quantitative estimate of drug-likeness (QED) is 0.365. The summed E-state index contributed by atoms with van der Waals surface area (Å²) in [5.41, 5.74) is 8.10. The third-order valence-electron chi connectivity index (χ3n) is 6.77. The van der Waals surface area contributed by atoms with Crippen LogP contribution in [-0.4, -0.2) is 21.8 Å². The largest absolute Gasteiger partial charge is 0.497 e. The van der Waals surface area contributed by atoms with Gasteiger partial charge in [-0.1, -0.05) is 24.3 Å². The highest BCUT2D eigenvalue weighted by atomic mass is 32.1. The molecule has 0 aliphatic carbocycles. The summed E-state index contributed by atoms with van der Waals surface area (Å²) < 4.78 is 7.73. The van der Waals surface area contributed by atoms with Crippen LogP contribution in [0.5, 0.6) is 5.75 Å². The van der Waals surface area contributed by atoms with Gasteiger partial charge in [0, 0.05) is 34.5 Å². The Morgan fingerprint density at radius 2 is 1.56 bits per heavy atom. The molecule has 1 aliphatic rings. The number of nitrogens with one attached hydrogen (secondary N) is 1. The molecule has 6 heteroatoms. The van der Waals surface area contributed by atoms with Gasteiger partial charge in [-0.2, -0.15) is 0 Å². The summed E-state index contributed by atoms with van der Waals surface area (Å²) in [5.74, 6) is 0.818. The zero-order valence-corrected chi connectivity index (χ0v) is 20.6. The van der Waals surface area contributed by atoms with Gasteiger partial charge in [-0.05, 0) is 87.1 Å². The number of para-hydroxylation sites is 1. The van der Waals surface area contributed by atoms with Crippen LogP contribution in [0.4, 0.5) is 5.69 Å². The summed E-state index contributed by atoms with van der Waals surface area (Å²) in [6.45, 7) is 6.60. The fourth-order valence-electron chi connectivity index (χ4n) is 5.08. The Morgan fingerprint density at radius 3 is 2.21 bits per heavy atom. The topological polar surface area (TPSA) is 42.3 Å². The molecule has 0 unspecified atom stereocenters. The number of methoxy groups -OCH3 is 1. The fourth-order valence-corrected chi connectivity index (χ4v) is 5.42. The first-order valence-corrected chi connectivity index (χ1v) is 11.8. The Morgan fingerprint density at radius 1 is 0.853 bits per heavy atom. The second-order valence-corrected chi connectivity index (χ2v) is 8.96. The van der Waals surface area contributed by atoms with Crippen LogP contribution in [0.2, 0.25) is 0 Å². The highest BCUT2D eigenvalue weighted by Gasteiger charge is 2.43. The van der Waals surface area contributed by atoms with Gasteiger partial charge in [-0.25, -0.2) is 0 Å². The lowest BCUT2D eigenvalue weighted by Crippen LogP contribution is -2.29. The molecule has 0 bridgehead atoms. The lowest BCUT2D eigenvalue weighted by molar-refractivity contribution is 0.415. The molecule has 3 heterocycles. The number of hydrogen-bond acceptors (Lipinski definition) is 3. The van der Waals surface area contributed by atoms with Crippen LogP contribution in [0.1, 0.15) is 40.3 Å². The second kappa shape index (κ2) is 8.95. The molecule has 4 aromatic rings. The predicted molar refractivity (Wildman–Crippen MR) is 141 cm³/mol. The Kier molecular flexibility index (Phi) is 5.84. The molecule has 5 nitrogen and oxygen atoms in total. The number of anilines is 1. The van der Waals surface area contributed by atoms with E-state index in [-0.39, 0.29) is 12.1 Å². The minimum atomic E-state index is -0.0841. The maximum atomic E-state index is 5.91. The molecule has 1 aliphatic heterocycles. The fraction of sp³-hybridized carbons (Fsp3) is 0.214. The second-order valence-electron chi connectivity index (χ2n) is 8.58. The van der Waals surface area contributed by atoms with Gasteiger partial charge >= 0.3 is 0 Å². The summed E-state index contributed by atoms with van der Waals surface area (Å²) in [5, 5.41) is 4.26. The van der Waals surface area contributed by atoms with Crippen LogP contribution in [0, 0.1) is 20.8 Å². The van der Waals surface area contributed by atoms with Gasteiger partial charge in [0.1, 0.15) is 5.75 Å². The Labute approximate surface area is 206 Å². The van der Waals surface area contributed by atoms with E-state index in [1.165, 1.54) is 22.5 Å². The highest BCUT2D eigenvalue weighted by molar-refractivity contribution is 7.80.